The summed E-state index contributed by atoms with van der Waals surface area (Å²) < 4.78 is 11.7. The van der Waals surface area contributed by atoms with E-state index in [1.165, 1.54) is 6.20 Å². The Kier molecular flexibility index (Phi) is 3.64. The number of pyridine rings is 1. The summed E-state index contributed by atoms with van der Waals surface area (Å²) in [5.41, 5.74) is 5.74. The highest BCUT2D eigenvalue weighted by atomic mass is 35.5. The maximum absolute atomic E-state index is 6.04. The SMILES string of the molecule is CC1(C)OB(/C=C/c2cc(N)ncc2Cl)OC1(C)C. The maximum Gasteiger partial charge on any atom is 0.487 e. The first kappa shape index (κ1) is 14.4. The number of aromatic nitrogens is 1. The molecule has 0 aliphatic carbocycles. The van der Waals surface area contributed by atoms with Gasteiger partial charge >= 0.3 is 7.12 Å². The molecule has 2 N–H and O–H groups in total. The second-order valence-electron chi connectivity index (χ2n) is 5.61. The van der Waals surface area contributed by atoms with Crippen LogP contribution in [0.25, 0.3) is 6.08 Å². The van der Waals surface area contributed by atoms with Gasteiger partial charge in [0, 0.05) is 6.20 Å². The molecule has 102 valence electrons. The monoisotopic (exact) mass is 280 g/mol. The quantitative estimate of drug-likeness (QED) is 0.846. The summed E-state index contributed by atoms with van der Waals surface area (Å²) in [4.78, 5) is 3.91. The summed E-state index contributed by atoms with van der Waals surface area (Å²) in [6.07, 6.45) is 3.36. The standard InChI is InChI=1S/C13H18BClN2O2/c1-12(2)13(3,4)19-14(18-12)6-5-9-7-11(16)17-8-10(9)15/h5-8H,1-4H3,(H2,16,17)/b6-5+. The van der Waals surface area contributed by atoms with Gasteiger partial charge in [-0.25, -0.2) is 4.98 Å². The van der Waals surface area contributed by atoms with E-state index in [1.807, 2.05) is 39.7 Å². The molecule has 0 radical (unpaired) electrons. The fourth-order valence-corrected chi connectivity index (χ4v) is 1.91. The highest BCUT2D eigenvalue weighted by Crippen LogP contribution is 2.37. The van der Waals surface area contributed by atoms with E-state index in [1.54, 1.807) is 6.07 Å². The molecule has 1 saturated heterocycles. The van der Waals surface area contributed by atoms with E-state index in [0.717, 1.165) is 5.56 Å². The summed E-state index contributed by atoms with van der Waals surface area (Å²) >= 11 is 6.04. The second-order valence-corrected chi connectivity index (χ2v) is 6.02. The van der Waals surface area contributed by atoms with Crippen LogP contribution in [0.1, 0.15) is 33.3 Å². The van der Waals surface area contributed by atoms with E-state index < -0.39 is 7.12 Å². The minimum absolute atomic E-state index is 0.344. The van der Waals surface area contributed by atoms with Gasteiger partial charge in [0.1, 0.15) is 5.82 Å². The zero-order chi connectivity index (χ0) is 14.3. The van der Waals surface area contributed by atoms with Crippen LogP contribution in [0, 0.1) is 0 Å². The highest BCUT2D eigenvalue weighted by molar-refractivity contribution is 6.52. The average Bonchev–Trinajstić information content (AvgIpc) is 2.49. The summed E-state index contributed by atoms with van der Waals surface area (Å²) in [7, 11) is -0.393. The predicted molar refractivity (Wildman–Crippen MR) is 78.8 cm³/mol. The number of nitrogens with zero attached hydrogens (tertiary/aromatic N) is 1. The van der Waals surface area contributed by atoms with E-state index in [9.17, 15) is 0 Å². The van der Waals surface area contributed by atoms with Crippen LogP contribution in [-0.4, -0.2) is 23.3 Å². The van der Waals surface area contributed by atoms with E-state index in [2.05, 4.69) is 4.98 Å². The third-order valence-corrected chi connectivity index (χ3v) is 3.93. The van der Waals surface area contributed by atoms with E-state index >= 15 is 0 Å². The van der Waals surface area contributed by atoms with Gasteiger partial charge in [-0.3, -0.25) is 0 Å². The molecule has 2 rings (SSSR count). The molecule has 6 heteroatoms. The Morgan fingerprint density at radius 2 is 1.84 bits per heavy atom. The molecule has 1 aliphatic rings. The molecular weight excluding hydrogens is 262 g/mol. The molecular formula is C13H18BClN2O2. The Labute approximate surface area is 119 Å². The number of nitrogens with two attached hydrogens (primary N) is 1. The Balaban J connectivity index is 2.15. The van der Waals surface area contributed by atoms with Crippen molar-refractivity contribution in [1.82, 2.24) is 4.98 Å². The lowest BCUT2D eigenvalue weighted by Crippen LogP contribution is -2.41. The summed E-state index contributed by atoms with van der Waals surface area (Å²) in [6, 6.07) is 1.71. The topological polar surface area (TPSA) is 57.4 Å². The maximum atomic E-state index is 6.04. The lowest BCUT2D eigenvalue weighted by atomic mass is 9.89. The van der Waals surface area contributed by atoms with Gasteiger partial charge in [0.15, 0.2) is 0 Å². The molecule has 4 nitrogen and oxygen atoms in total. The van der Waals surface area contributed by atoms with Crippen LogP contribution in [-0.2, 0) is 9.31 Å². The molecule has 0 unspecified atom stereocenters. The van der Waals surface area contributed by atoms with Crippen molar-refractivity contribution in [1.29, 1.82) is 0 Å². The van der Waals surface area contributed by atoms with Gasteiger partial charge in [0.2, 0.25) is 0 Å². The minimum Gasteiger partial charge on any atom is -0.400 e. The van der Waals surface area contributed by atoms with Crippen molar-refractivity contribution in [3.8, 4) is 0 Å². The number of halogens is 1. The Bertz CT molecular complexity index is 501. The van der Waals surface area contributed by atoms with Crippen molar-refractivity contribution in [3.63, 3.8) is 0 Å². The van der Waals surface area contributed by atoms with E-state index in [4.69, 9.17) is 26.6 Å². The van der Waals surface area contributed by atoms with Gasteiger partial charge in [-0.05, 0) is 39.3 Å². The Morgan fingerprint density at radius 3 is 2.42 bits per heavy atom. The predicted octanol–water partition coefficient (Wildman–Crippen LogP) is 2.96. The first-order valence-corrected chi connectivity index (χ1v) is 6.54. The fraction of sp³-hybridized carbons (Fsp3) is 0.462. The molecule has 1 aromatic heterocycles. The first-order valence-electron chi connectivity index (χ1n) is 6.16. The first-order chi connectivity index (χ1) is 8.71. The number of anilines is 1. The number of hydrogen-bond donors (Lipinski definition) is 1. The molecule has 1 fully saturated rings. The molecule has 0 aromatic carbocycles. The van der Waals surface area contributed by atoms with Gasteiger partial charge in [0.25, 0.3) is 0 Å². The Hall–Kier alpha value is -1.04. The zero-order valence-corrected chi connectivity index (χ0v) is 12.4. The molecule has 2 heterocycles. The summed E-state index contributed by atoms with van der Waals surface area (Å²) in [5, 5.41) is 0.543. The highest BCUT2D eigenvalue weighted by Gasteiger charge is 2.49. The van der Waals surface area contributed by atoms with Crippen LogP contribution < -0.4 is 5.73 Å². The zero-order valence-electron chi connectivity index (χ0n) is 11.6. The van der Waals surface area contributed by atoms with Gasteiger partial charge in [0.05, 0.1) is 16.2 Å². The van der Waals surface area contributed by atoms with Crippen LogP contribution in [0.2, 0.25) is 5.02 Å². The number of rotatable bonds is 2. The summed E-state index contributed by atoms with van der Waals surface area (Å²) in [5.74, 6) is 2.26. The summed E-state index contributed by atoms with van der Waals surface area (Å²) in [6.45, 7) is 8.05. The van der Waals surface area contributed by atoms with Crippen molar-refractivity contribution in [2.24, 2.45) is 0 Å². The minimum atomic E-state index is -0.393. The second kappa shape index (κ2) is 4.82. The number of nitrogen functional groups attached to an aromatic ring is 1. The van der Waals surface area contributed by atoms with Gasteiger partial charge in [-0.2, -0.15) is 0 Å². The molecule has 0 bridgehead atoms. The molecule has 0 spiro atoms. The third-order valence-electron chi connectivity index (χ3n) is 3.61. The van der Waals surface area contributed by atoms with Crippen molar-refractivity contribution in [3.05, 3.63) is 28.8 Å². The van der Waals surface area contributed by atoms with Crippen molar-refractivity contribution < 1.29 is 9.31 Å². The smallest absolute Gasteiger partial charge is 0.400 e. The van der Waals surface area contributed by atoms with Crippen LogP contribution in [0.3, 0.4) is 0 Å². The van der Waals surface area contributed by atoms with E-state index in [-0.39, 0.29) is 11.2 Å². The van der Waals surface area contributed by atoms with Crippen LogP contribution in [0.5, 0.6) is 0 Å². The normalized spacial score (nSPS) is 21.2. The van der Waals surface area contributed by atoms with Crippen molar-refractivity contribution in [2.45, 2.75) is 38.9 Å². The van der Waals surface area contributed by atoms with Crippen molar-refractivity contribution >= 4 is 30.6 Å². The van der Waals surface area contributed by atoms with Crippen LogP contribution >= 0.6 is 11.6 Å². The average molecular weight is 281 g/mol. The fourth-order valence-electron chi connectivity index (χ4n) is 1.75. The molecule has 0 amide bonds. The molecule has 0 saturated carbocycles. The Morgan fingerprint density at radius 1 is 1.26 bits per heavy atom. The van der Waals surface area contributed by atoms with Crippen LogP contribution in [0.15, 0.2) is 18.2 Å². The lowest BCUT2D eigenvalue weighted by Gasteiger charge is -2.32. The van der Waals surface area contributed by atoms with Gasteiger partial charge in [-0.1, -0.05) is 23.7 Å². The molecule has 0 atom stereocenters. The van der Waals surface area contributed by atoms with Crippen molar-refractivity contribution in [2.75, 3.05) is 5.73 Å². The van der Waals surface area contributed by atoms with Crippen LogP contribution in [0.4, 0.5) is 5.82 Å². The molecule has 1 aliphatic heterocycles. The van der Waals surface area contributed by atoms with E-state index in [0.29, 0.717) is 10.8 Å². The molecule has 19 heavy (non-hydrogen) atoms. The third kappa shape index (κ3) is 2.94. The number of hydrogen-bond acceptors (Lipinski definition) is 4. The van der Waals surface area contributed by atoms with Gasteiger partial charge in [-0.15, -0.1) is 0 Å². The largest absolute Gasteiger partial charge is 0.487 e. The van der Waals surface area contributed by atoms with Gasteiger partial charge < -0.3 is 15.0 Å². The lowest BCUT2D eigenvalue weighted by molar-refractivity contribution is 0.00578. The molecule has 1 aromatic rings.